The first-order valence-electron chi connectivity index (χ1n) is 12.0. The number of carbonyl (C=O) groups excluding carboxylic acids is 1. The molecule has 1 amide bonds. The predicted molar refractivity (Wildman–Crippen MR) is 122 cm³/mol. The second kappa shape index (κ2) is 9.20. The standard InChI is InChI=1S/C24H36N2O.C2H6/c1-17-11-19-14-23(3,22(27)26-21-9-10-25-18(2)12-21)16-24(13-17,15-19)20-7-5-4-6-8-20;1-2/h4-8,17-19,21,25H,9-16H2,1-3H3,(H,26,27);1-2H3. The third kappa shape index (κ3) is 4.87. The van der Waals surface area contributed by atoms with Crippen molar-refractivity contribution >= 4 is 5.91 Å². The number of nitrogens with one attached hydrogen (secondary N) is 2. The molecule has 2 aliphatic carbocycles. The minimum Gasteiger partial charge on any atom is -0.353 e. The lowest BCUT2D eigenvalue weighted by molar-refractivity contribution is -0.137. The molecule has 3 fully saturated rings. The maximum atomic E-state index is 13.4. The van der Waals surface area contributed by atoms with Crippen LogP contribution in [-0.4, -0.2) is 24.5 Å². The molecule has 1 aromatic carbocycles. The fraction of sp³-hybridized carbons (Fsp3) is 0.731. The van der Waals surface area contributed by atoms with E-state index in [1.807, 2.05) is 13.8 Å². The van der Waals surface area contributed by atoms with Gasteiger partial charge in [-0.3, -0.25) is 4.79 Å². The summed E-state index contributed by atoms with van der Waals surface area (Å²) in [4.78, 5) is 13.4. The van der Waals surface area contributed by atoms with Gasteiger partial charge in [0.05, 0.1) is 0 Å². The first-order valence-corrected chi connectivity index (χ1v) is 12.0. The van der Waals surface area contributed by atoms with E-state index in [4.69, 9.17) is 0 Å². The molecule has 1 aliphatic heterocycles. The lowest BCUT2D eigenvalue weighted by atomic mass is 9.50. The smallest absolute Gasteiger partial charge is 0.226 e. The van der Waals surface area contributed by atoms with E-state index in [0.29, 0.717) is 23.9 Å². The van der Waals surface area contributed by atoms with Crippen LogP contribution in [0.3, 0.4) is 0 Å². The third-order valence-corrected chi connectivity index (χ3v) is 7.52. The van der Waals surface area contributed by atoms with E-state index in [2.05, 4.69) is 61.7 Å². The summed E-state index contributed by atoms with van der Waals surface area (Å²) >= 11 is 0. The van der Waals surface area contributed by atoms with E-state index >= 15 is 0 Å². The molecule has 162 valence electrons. The van der Waals surface area contributed by atoms with Crippen molar-refractivity contribution in [3.63, 3.8) is 0 Å². The van der Waals surface area contributed by atoms with E-state index < -0.39 is 0 Å². The number of piperidine rings is 1. The van der Waals surface area contributed by atoms with E-state index in [-0.39, 0.29) is 10.8 Å². The number of benzene rings is 1. The van der Waals surface area contributed by atoms with Crippen LogP contribution in [0.2, 0.25) is 0 Å². The molecule has 0 spiro atoms. The summed E-state index contributed by atoms with van der Waals surface area (Å²) in [6, 6.07) is 11.9. The summed E-state index contributed by atoms with van der Waals surface area (Å²) in [6.07, 6.45) is 7.91. The van der Waals surface area contributed by atoms with Gasteiger partial charge in [0.2, 0.25) is 5.91 Å². The third-order valence-electron chi connectivity index (χ3n) is 7.52. The Kier molecular flexibility index (Phi) is 7.09. The minimum atomic E-state index is -0.243. The highest BCUT2D eigenvalue weighted by Crippen LogP contribution is 2.58. The molecule has 3 aliphatic rings. The molecule has 29 heavy (non-hydrogen) atoms. The molecular formula is C26H42N2O. The highest BCUT2D eigenvalue weighted by atomic mass is 16.2. The quantitative estimate of drug-likeness (QED) is 0.711. The van der Waals surface area contributed by atoms with E-state index in [1.165, 1.54) is 24.8 Å². The van der Waals surface area contributed by atoms with Crippen molar-refractivity contribution < 1.29 is 4.79 Å². The summed E-state index contributed by atoms with van der Waals surface area (Å²) in [6.45, 7) is 11.9. The van der Waals surface area contributed by atoms with Gasteiger partial charge in [0.1, 0.15) is 0 Å². The Hall–Kier alpha value is -1.35. The average Bonchev–Trinajstić information content (AvgIpc) is 2.69. The summed E-state index contributed by atoms with van der Waals surface area (Å²) < 4.78 is 0. The van der Waals surface area contributed by atoms with Gasteiger partial charge in [-0.25, -0.2) is 0 Å². The Labute approximate surface area is 178 Å². The fourth-order valence-electron chi connectivity index (χ4n) is 6.72. The number of rotatable bonds is 3. The Balaban J connectivity index is 0.00000117. The zero-order chi connectivity index (χ0) is 21.1. The summed E-state index contributed by atoms with van der Waals surface area (Å²) in [5.74, 6) is 1.73. The van der Waals surface area contributed by atoms with Gasteiger partial charge in [0.25, 0.3) is 0 Å². The molecule has 3 heteroatoms. The molecule has 4 rings (SSSR count). The highest BCUT2D eigenvalue weighted by molar-refractivity contribution is 5.83. The van der Waals surface area contributed by atoms with Crippen molar-refractivity contribution in [2.45, 2.75) is 97.1 Å². The molecule has 0 radical (unpaired) electrons. The summed E-state index contributed by atoms with van der Waals surface area (Å²) in [5, 5.41) is 6.94. The van der Waals surface area contributed by atoms with Crippen LogP contribution in [0.15, 0.2) is 30.3 Å². The Bertz CT molecular complexity index is 671. The van der Waals surface area contributed by atoms with Gasteiger partial charge in [-0.1, -0.05) is 58.0 Å². The van der Waals surface area contributed by atoms with Crippen molar-refractivity contribution in [3.8, 4) is 0 Å². The van der Waals surface area contributed by atoms with Gasteiger partial charge in [-0.05, 0) is 81.2 Å². The summed E-state index contributed by atoms with van der Waals surface area (Å²) in [5.41, 5.74) is 1.39. The molecule has 1 aromatic rings. The molecule has 0 aromatic heterocycles. The molecule has 2 N–H and O–H groups in total. The van der Waals surface area contributed by atoms with Gasteiger partial charge < -0.3 is 10.6 Å². The maximum Gasteiger partial charge on any atom is 0.226 e. The van der Waals surface area contributed by atoms with Crippen LogP contribution in [0.1, 0.15) is 85.1 Å². The number of carbonyl (C=O) groups is 1. The lowest BCUT2D eigenvalue weighted by Crippen LogP contribution is -2.55. The van der Waals surface area contributed by atoms with E-state index in [1.54, 1.807) is 0 Å². The second-order valence-electron chi connectivity index (χ2n) is 10.3. The zero-order valence-corrected chi connectivity index (χ0v) is 19.3. The summed E-state index contributed by atoms with van der Waals surface area (Å²) in [7, 11) is 0. The highest BCUT2D eigenvalue weighted by Gasteiger charge is 2.53. The van der Waals surface area contributed by atoms with Crippen LogP contribution in [0.4, 0.5) is 0 Å². The maximum absolute atomic E-state index is 13.4. The van der Waals surface area contributed by atoms with Crippen molar-refractivity contribution in [1.29, 1.82) is 0 Å². The van der Waals surface area contributed by atoms with E-state index in [0.717, 1.165) is 38.1 Å². The molecule has 1 saturated heterocycles. The van der Waals surface area contributed by atoms with Crippen LogP contribution in [-0.2, 0) is 10.2 Å². The van der Waals surface area contributed by atoms with Crippen molar-refractivity contribution in [1.82, 2.24) is 10.6 Å². The topological polar surface area (TPSA) is 41.1 Å². The Morgan fingerprint density at radius 3 is 2.48 bits per heavy atom. The molecule has 3 nitrogen and oxygen atoms in total. The van der Waals surface area contributed by atoms with Crippen LogP contribution in [0.5, 0.6) is 0 Å². The van der Waals surface area contributed by atoms with Crippen molar-refractivity contribution in [2.24, 2.45) is 17.3 Å². The Morgan fingerprint density at radius 1 is 1.07 bits per heavy atom. The Morgan fingerprint density at radius 2 is 1.79 bits per heavy atom. The molecule has 1 heterocycles. The minimum absolute atomic E-state index is 0.176. The van der Waals surface area contributed by atoms with Crippen molar-refractivity contribution in [3.05, 3.63) is 35.9 Å². The predicted octanol–water partition coefficient (Wildman–Crippen LogP) is 5.44. The SMILES string of the molecule is CC.CC1CC2CC(C)(C(=O)NC3CCNC(C)C3)CC(c3ccccc3)(C1)C2. The van der Waals surface area contributed by atoms with Crippen LogP contribution in [0, 0.1) is 17.3 Å². The van der Waals surface area contributed by atoms with Crippen LogP contribution < -0.4 is 10.6 Å². The van der Waals surface area contributed by atoms with Crippen molar-refractivity contribution in [2.75, 3.05) is 6.54 Å². The molecule has 6 atom stereocenters. The molecule has 2 saturated carbocycles. The first kappa shape index (κ1) is 22.3. The molecule has 2 bridgehead atoms. The van der Waals surface area contributed by atoms with Gasteiger partial charge in [-0.15, -0.1) is 0 Å². The zero-order valence-electron chi connectivity index (χ0n) is 19.3. The second-order valence-corrected chi connectivity index (χ2v) is 10.3. The van der Waals surface area contributed by atoms with Gasteiger partial charge >= 0.3 is 0 Å². The van der Waals surface area contributed by atoms with Gasteiger partial charge in [0, 0.05) is 17.5 Å². The number of hydrogen-bond donors (Lipinski definition) is 2. The normalized spacial score (nSPS) is 39.1. The monoisotopic (exact) mass is 398 g/mol. The number of amides is 1. The first-order chi connectivity index (χ1) is 13.9. The van der Waals surface area contributed by atoms with Gasteiger partial charge in [0.15, 0.2) is 0 Å². The number of hydrogen-bond acceptors (Lipinski definition) is 2. The molecular weight excluding hydrogens is 356 g/mol. The van der Waals surface area contributed by atoms with Gasteiger partial charge in [-0.2, -0.15) is 0 Å². The molecule has 6 unspecified atom stereocenters. The number of fused-ring (bicyclic) bond motifs is 2. The average molecular weight is 399 g/mol. The van der Waals surface area contributed by atoms with E-state index in [9.17, 15) is 4.79 Å². The fourth-order valence-corrected chi connectivity index (χ4v) is 6.72. The van der Waals surface area contributed by atoms with Crippen LogP contribution >= 0.6 is 0 Å². The lowest BCUT2D eigenvalue weighted by Gasteiger charge is -2.54. The van der Waals surface area contributed by atoms with Crippen LogP contribution in [0.25, 0.3) is 0 Å². The largest absolute Gasteiger partial charge is 0.353 e.